The first-order valence-corrected chi connectivity index (χ1v) is 9.02. The van der Waals surface area contributed by atoms with Gasteiger partial charge in [0, 0.05) is 11.1 Å². The van der Waals surface area contributed by atoms with E-state index in [2.05, 4.69) is 31.3 Å². The van der Waals surface area contributed by atoms with Gasteiger partial charge in [-0.25, -0.2) is 0 Å². The fourth-order valence-electron chi connectivity index (χ4n) is 3.13. The van der Waals surface area contributed by atoms with Gasteiger partial charge in [-0.3, -0.25) is 0 Å². The normalized spacial score (nSPS) is 21.5. The Bertz CT molecular complexity index is 393. The summed E-state index contributed by atoms with van der Waals surface area (Å²) in [7, 11) is 0. The fraction of sp³-hybridized carbons (Fsp3) is 0.684. The summed E-state index contributed by atoms with van der Waals surface area (Å²) in [6, 6.07) is 9.11. The summed E-state index contributed by atoms with van der Waals surface area (Å²) in [6.45, 7) is 5.82. The molecule has 0 amide bonds. The Morgan fingerprint density at radius 2 is 1.71 bits per heavy atom. The van der Waals surface area contributed by atoms with E-state index in [-0.39, 0.29) is 0 Å². The van der Waals surface area contributed by atoms with Crippen molar-refractivity contribution >= 4 is 11.6 Å². The molecule has 1 aromatic rings. The maximum absolute atomic E-state index is 5.93. The molecule has 1 aromatic carbocycles. The van der Waals surface area contributed by atoms with Gasteiger partial charge in [0.05, 0.1) is 0 Å². The predicted molar refractivity (Wildman–Crippen MR) is 93.1 cm³/mol. The minimum absolute atomic E-state index is 0.737. The molecule has 0 aliphatic heterocycles. The lowest BCUT2D eigenvalue weighted by molar-refractivity contribution is 0.289. The topological polar surface area (TPSA) is 12.0 Å². The number of unbranched alkanes of at least 4 members (excludes halogenated alkanes) is 3. The molecule has 0 bridgehead atoms. The summed E-state index contributed by atoms with van der Waals surface area (Å²) in [5.41, 5.74) is 1.45. The van der Waals surface area contributed by atoms with E-state index in [1.54, 1.807) is 0 Å². The first-order valence-electron chi connectivity index (χ1n) is 8.64. The standard InChI is InChI=1S/C19H30ClN/c1-15(2)7-5-3-4-6-12-21-19-13-17(14-19)16-8-10-18(20)11-9-16/h8-11,15,17,19,21H,3-7,12-14H2,1-2H3. The Morgan fingerprint density at radius 3 is 2.38 bits per heavy atom. The molecule has 0 atom stereocenters. The number of hydrogen-bond acceptors (Lipinski definition) is 1. The van der Waals surface area contributed by atoms with E-state index < -0.39 is 0 Å². The van der Waals surface area contributed by atoms with Crippen molar-refractivity contribution in [1.29, 1.82) is 0 Å². The van der Waals surface area contributed by atoms with E-state index in [0.29, 0.717) is 0 Å². The van der Waals surface area contributed by atoms with Crippen molar-refractivity contribution in [3.05, 3.63) is 34.9 Å². The number of benzene rings is 1. The molecule has 1 aliphatic carbocycles. The SMILES string of the molecule is CC(C)CCCCCCNC1CC(c2ccc(Cl)cc2)C1. The minimum atomic E-state index is 0.737. The number of rotatable bonds is 9. The molecular weight excluding hydrogens is 278 g/mol. The second-order valence-electron chi connectivity index (χ2n) is 6.97. The summed E-state index contributed by atoms with van der Waals surface area (Å²) >= 11 is 5.93. The summed E-state index contributed by atoms with van der Waals surface area (Å²) in [6.07, 6.45) is 9.48. The zero-order valence-electron chi connectivity index (χ0n) is 13.6. The van der Waals surface area contributed by atoms with Crippen LogP contribution in [0.2, 0.25) is 5.02 Å². The van der Waals surface area contributed by atoms with Crippen molar-refractivity contribution in [3.63, 3.8) is 0 Å². The van der Waals surface area contributed by atoms with E-state index >= 15 is 0 Å². The van der Waals surface area contributed by atoms with Crippen molar-refractivity contribution in [2.45, 2.75) is 70.8 Å². The van der Waals surface area contributed by atoms with Gasteiger partial charge in [0.1, 0.15) is 0 Å². The molecule has 0 heterocycles. The van der Waals surface area contributed by atoms with E-state index in [9.17, 15) is 0 Å². The van der Waals surface area contributed by atoms with Crippen LogP contribution in [-0.2, 0) is 0 Å². The van der Waals surface area contributed by atoms with Gasteiger partial charge < -0.3 is 5.32 Å². The summed E-state index contributed by atoms with van der Waals surface area (Å²) < 4.78 is 0. The Kier molecular flexibility index (Phi) is 7.06. The predicted octanol–water partition coefficient (Wildman–Crippen LogP) is 5.78. The van der Waals surface area contributed by atoms with Crippen LogP contribution in [0.4, 0.5) is 0 Å². The van der Waals surface area contributed by atoms with Gasteiger partial charge >= 0.3 is 0 Å². The summed E-state index contributed by atoms with van der Waals surface area (Å²) in [5, 5.41) is 4.54. The molecule has 0 saturated heterocycles. The van der Waals surface area contributed by atoms with Gasteiger partial charge in [0.25, 0.3) is 0 Å². The molecule has 1 saturated carbocycles. The highest BCUT2D eigenvalue weighted by Crippen LogP contribution is 2.37. The largest absolute Gasteiger partial charge is 0.314 e. The Hall–Kier alpha value is -0.530. The lowest BCUT2D eigenvalue weighted by Crippen LogP contribution is -2.40. The molecule has 1 N–H and O–H groups in total. The van der Waals surface area contributed by atoms with Crippen LogP contribution in [0.1, 0.15) is 70.3 Å². The van der Waals surface area contributed by atoms with E-state index in [1.165, 1.54) is 57.1 Å². The lowest BCUT2D eigenvalue weighted by Gasteiger charge is -2.36. The number of nitrogens with one attached hydrogen (secondary N) is 1. The van der Waals surface area contributed by atoms with Crippen molar-refractivity contribution in [3.8, 4) is 0 Å². The average Bonchev–Trinajstić information content (AvgIpc) is 2.41. The first-order chi connectivity index (χ1) is 10.1. The van der Waals surface area contributed by atoms with E-state index in [1.807, 2.05) is 12.1 Å². The zero-order chi connectivity index (χ0) is 15.1. The third-order valence-electron chi connectivity index (χ3n) is 4.62. The highest BCUT2D eigenvalue weighted by molar-refractivity contribution is 6.30. The molecule has 118 valence electrons. The monoisotopic (exact) mass is 307 g/mol. The van der Waals surface area contributed by atoms with Gasteiger partial charge in [-0.15, -0.1) is 0 Å². The molecule has 2 rings (SSSR count). The van der Waals surface area contributed by atoms with Crippen molar-refractivity contribution in [2.75, 3.05) is 6.54 Å². The quantitative estimate of drug-likeness (QED) is 0.570. The first kappa shape index (κ1) is 16.8. The minimum Gasteiger partial charge on any atom is -0.314 e. The highest BCUT2D eigenvalue weighted by atomic mass is 35.5. The van der Waals surface area contributed by atoms with Crippen LogP contribution in [0.15, 0.2) is 24.3 Å². The van der Waals surface area contributed by atoms with Gasteiger partial charge in [-0.2, -0.15) is 0 Å². The second kappa shape index (κ2) is 8.80. The van der Waals surface area contributed by atoms with Crippen LogP contribution in [0, 0.1) is 5.92 Å². The van der Waals surface area contributed by atoms with Crippen molar-refractivity contribution in [2.24, 2.45) is 5.92 Å². The molecule has 0 aromatic heterocycles. The molecule has 2 heteroatoms. The van der Waals surface area contributed by atoms with Crippen molar-refractivity contribution < 1.29 is 0 Å². The molecule has 21 heavy (non-hydrogen) atoms. The Balaban J connectivity index is 1.48. The van der Waals surface area contributed by atoms with Gasteiger partial charge in [0.15, 0.2) is 0 Å². The van der Waals surface area contributed by atoms with Crippen LogP contribution in [0.25, 0.3) is 0 Å². The molecule has 1 nitrogen and oxygen atoms in total. The van der Waals surface area contributed by atoms with Crippen LogP contribution < -0.4 is 5.32 Å². The van der Waals surface area contributed by atoms with Gasteiger partial charge in [-0.05, 0) is 55.3 Å². The zero-order valence-corrected chi connectivity index (χ0v) is 14.3. The summed E-state index contributed by atoms with van der Waals surface area (Å²) in [5.74, 6) is 1.61. The van der Waals surface area contributed by atoms with Gasteiger partial charge in [0.2, 0.25) is 0 Å². The molecular formula is C19H30ClN. The third kappa shape index (κ3) is 6.00. The maximum Gasteiger partial charge on any atom is 0.0406 e. The molecule has 1 fully saturated rings. The molecule has 0 spiro atoms. The van der Waals surface area contributed by atoms with Crippen LogP contribution >= 0.6 is 11.6 Å². The smallest absolute Gasteiger partial charge is 0.0406 e. The second-order valence-corrected chi connectivity index (χ2v) is 7.40. The van der Waals surface area contributed by atoms with E-state index in [0.717, 1.165) is 22.9 Å². The lowest BCUT2D eigenvalue weighted by atomic mass is 9.76. The fourth-order valence-corrected chi connectivity index (χ4v) is 3.25. The molecule has 1 aliphatic rings. The molecule has 0 unspecified atom stereocenters. The average molecular weight is 308 g/mol. The van der Waals surface area contributed by atoms with Crippen LogP contribution in [0.3, 0.4) is 0 Å². The molecule has 0 radical (unpaired) electrons. The van der Waals surface area contributed by atoms with Crippen LogP contribution in [0.5, 0.6) is 0 Å². The van der Waals surface area contributed by atoms with Crippen LogP contribution in [-0.4, -0.2) is 12.6 Å². The Morgan fingerprint density at radius 1 is 1.05 bits per heavy atom. The number of halogens is 1. The Labute approximate surface area is 135 Å². The van der Waals surface area contributed by atoms with Crippen molar-refractivity contribution in [1.82, 2.24) is 5.32 Å². The van der Waals surface area contributed by atoms with Gasteiger partial charge in [-0.1, -0.05) is 63.3 Å². The number of hydrogen-bond donors (Lipinski definition) is 1. The maximum atomic E-state index is 5.93. The highest BCUT2D eigenvalue weighted by Gasteiger charge is 2.29. The van der Waals surface area contributed by atoms with E-state index in [4.69, 9.17) is 11.6 Å². The third-order valence-corrected chi connectivity index (χ3v) is 4.87. The summed E-state index contributed by atoms with van der Waals surface area (Å²) in [4.78, 5) is 0.